The molecule has 0 bridgehead atoms. The first kappa shape index (κ1) is 11.4. The van der Waals surface area contributed by atoms with Crippen LogP contribution >= 0.6 is 0 Å². The molecule has 15 heavy (non-hydrogen) atoms. The predicted octanol–water partition coefficient (Wildman–Crippen LogP) is 2.10. The molecule has 1 unspecified atom stereocenters. The Labute approximate surface area is 94.4 Å². The third-order valence-corrected chi connectivity index (χ3v) is 3.79. The maximum atomic E-state index is 3.36. The Morgan fingerprint density at radius 2 is 1.87 bits per heavy atom. The summed E-state index contributed by atoms with van der Waals surface area (Å²) in [4.78, 5) is 2.80. The summed E-state index contributed by atoms with van der Waals surface area (Å²) in [7, 11) is 2.08. The van der Waals surface area contributed by atoms with E-state index in [0.29, 0.717) is 0 Å². The molecule has 0 aliphatic heterocycles. The van der Waals surface area contributed by atoms with E-state index in [2.05, 4.69) is 31.1 Å². The molecule has 0 amide bonds. The van der Waals surface area contributed by atoms with Crippen LogP contribution in [0.1, 0.15) is 39.5 Å². The topological polar surface area (TPSA) is 15.3 Å². The lowest BCUT2D eigenvalue weighted by Gasteiger charge is -2.34. The van der Waals surface area contributed by atoms with E-state index in [0.717, 1.165) is 30.5 Å². The zero-order valence-electron chi connectivity index (χ0n) is 10.5. The first-order valence-corrected chi connectivity index (χ1v) is 6.62. The lowest BCUT2D eigenvalue weighted by molar-refractivity contribution is 0.138. The fraction of sp³-hybridized carbons (Fsp3) is 1.00. The Morgan fingerprint density at radius 1 is 1.20 bits per heavy atom. The molecular weight excluding hydrogens is 184 g/mol. The lowest BCUT2D eigenvalue weighted by Crippen LogP contribution is -2.47. The summed E-state index contributed by atoms with van der Waals surface area (Å²) in [5, 5.41) is 3.36. The van der Waals surface area contributed by atoms with Crippen molar-refractivity contribution in [2.45, 2.75) is 51.6 Å². The average Bonchev–Trinajstić information content (AvgIpc) is 3.00. The number of rotatable bonds is 7. The van der Waals surface area contributed by atoms with Crippen molar-refractivity contribution >= 4 is 0 Å². The first-order chi connectivity index (χ1) is 7.22. The highest BCUT2D eigenvalue weighted by Gasteiger charge is 2.38. The SMILES string of the molecule is CNCC(C(C)C)N(CC1CC1)C1CC1. The van der Waals surface area contributed by atoms with Gasteiger partial charge in [0.05, 0.1) is 0 Å². The molecule has 0 radical (unpaired) electrons. The summed E-state index contributed by atoms with van der Waals surface area (Å²) in [5.41, 5.74) is 0. The van der Waals surface area contributed by atoms with Gasteiger partial charge in [-0.2, -0.15) is 0 Å². The first-order valence-electron chi connectivity index (χ1n) is 6.62. The summed E-state index contributed by atoms with van der Waals surface area (Å²) in [6.07, 6.45) is 5.85. The molecule has 2 saturated carbocycles. The molecule has 0 aromatic carbocycles. The van der Waals surface area contributed by atoms with Gasteiger partial charge in [0.2, 0.25) is 0 Å². The van der Waals surface area contributed by atoms with E-state index < -0.39 is 0 Å². The van der Waals surface area contributed by atoms with Crippen molar-refractivity contribution in [3.8, 4) is 0 Å². The van der Waals surface area contributed by atoms with Crippen LogP contribution in [-0.2, 0) is 0 Å². The molecule has 1 N–H and O–H groups in total. The molecule has 0 aromatic rings. The van der Waals surface area contributed by atoms with Gasteiger partial charge in [-0.3, -0.25) is 4.90 Å². The number of nitrogens with zero attached hydrogens (tertiary/aromatic N) is 1. The van der Waals surface area contributed by atoms with Crippen LogP contribution in [0, 0.1) is 11.8 Å². The third kappa shape index (κ3) is 3.18. The van der Waals surface area contributed by atoms with Crippen molar-refractivity contribution in [2.24, 2.45) is 11.8 Å². The van der Waals surface area contributed by atoms with E-state index in [1.807, 2.05) is 0 Å². The Morgan fingerprint density at radius 3 is 2.27 bits per heavy atom. The number of likely N-dealkylation sites (N-methyl/N-ethyl adjacent to an activating group) is 1. The molecule has 2 heteroatoms. The predicted molar refractivity (Wildman–Crippen MR) is 65.0 cm³/mol. The van der Waals surface area contributed by atoms with Crippen molar-refractivity contribution in [3.63, 3.8) is 0 Å². The molecule has 1 atom stereocenters. The van der Waals surface area contributed by atoms with E-state index in [9.17, 15) is 0 Å². The molecule has 0 heterocycles. The Kier molecular flexibility index (Phi) is 3.68. The molecule has 2 aliphatic rings. The van der Waals surface area contributed by atoms with Crippen molar-refractivity contribution in [1.29, 1.82) is 0 Å². The highest BCUT2D eigenvalue weighted by Crippen LogP contribution is 2.36. The van der Waals surface area contributed by atoms with E-state index in [4.69, 9.17) is 0 Å². The normalized spacial score (nSPS) is 23.8. The van der Waals surface area contributed by atoms with Crippen molar-refractivity contribution < 1.29 is 0 Å². The van der Waals surface area contributed by atoms with Gasteiger partial charge in [0.15, 0.2) is 0 Å². The number of hydrogen-bond donors (Lipinski definition) is 1. The van der Waals surface area contributed by atoms with Crippen LogP contribution < -0.4 is 5.32 Å². The molecule has 0 saturated heterocycles. The van der Waals surface area contributed by atoms with Gasteiger partial charge >= 0.3 is 0 Å². The van der Waals surface area contributed by atoms with Crippen molar-refractivity contribution in [2.75, 3.05) is 20.1 Å². The van der Waals surface area contributed by atoms with E-state index in [1.54, 1.807) is 0 Å². The van der Waals surface area contributed by atoms with Crippen LogP contribution in [0.25, 0.3) is 0 Å². The van der Waals surface area contributed by atoms with Crippen LogP contribution in [0.5, 0.6) is 0 Å². The quantitative estimate of drug-likeness (QED) is 0.692. The van der Waals surface area contributed by atoms with Gasteiger partial charge in [-0.1, -0.05) is 13.8 Å². The van der Waals surface area contributed by atoms with E-state index in [1.165, 1.54) is 32.2 Å². The minimum Gasteiger partial charge on any atom is -0.318 e. The van der Waals surface area contributed by atoms with Crippen LogP contribution in [0.2, 0.25) is 0 Å². The lowest BCUT2D eigenvalue weighted by atomic mass is 10.0. The summed E-state index contributed by atoms with van der Waals surface area (Å²) in [5.74, 6) is 1.81. The van der Waals surface area contributed by atoms with Crippen LogP contribution in [-0.4, -0.2) is 37.1 Å². The van der Waals surface area contributed by atoms with Gasteiger partial charge < -0.3 is 5.32 Å². The van der Waals surface area contributed by atoms with Crippen LogP contribution in [0.15, 0.2) is 0 Å². The maximum absolute atomic E-state index is 3.36. The highest BCUT2D eigenvalue weighted by atomic mass is 15.2. The zero-order valence-corrected chi connectivity index (χ0v) is 10.5. The number of hydrogen-bond acceptors (Lipinski definition) is 2. The second-order valence-corrected chi connectivity index (χ2v) is 5.74. The van der Waals surface area contributed by atoms with Gasteiger partial charge in [-0.25, -0.2) is 0 Å². The fourth-order valence-electron chi connectivity index (χ4n) is 2.51. The highest BCUT2D eigenvalue weighted by molar-refractivity contribution is 4.93. The Bertz CT molecular complexity index is 195. The van der Waals surface area contributed by atoms with E-state index in [-0.39, 0.29) is 0 Å². The van der Waals surface area contributed by atoms with Gasteiger partial charge in [-0.05, 0) is 44.6 Å². The molecular formula is C13H26N2. The van der Waals surface area contributed by atoms with E-state index >= 15 is 0 Å². The van der Waals surface area contributed by atoms with Gasteiger partial charge in [-0.15, -0.1) is 0 Å². The largest absolute Gasteiger partial charge is 0.318 e. The summed E-state index contributed by atoms with van der Waals surface area (Å²) in [6, 6.07) is 1.68. The Balaban J connectivity index is 1.91. The molecule has 2 nitrogen and oxygen atoms in total. The number of nitrogens with one attached hydrogen (secondary N) is 1. The van der Waals surface area contributed by atoms with Crippen LogP contribution in [0.3, 0.4) is 0 Å². The molecule has 88 valence electrons. The second kappa shape index (κ2) is 4.84. The fourth-order valence-corrected chi connectivity index (χ4v) is 2.51. The molecule has 0 aromatic heterocycles. The molecule has 2 aliphatic carbocycles. The summed E-state index contributed by atoms with van der Waals surface area (Å²) < 4.78 is 0. The second-order valence-electron chi connectivity index (χ2n) is 5.74. The van der Waals surface area contributed by atoms with Gasteiger partial charge in [0.1, 0.15) is 0 Å². The monoisotopic (exact) mass is 210 g/mol. The summed E-state index contributed by atoms with van der Waals surface area (Å²) >= 11 is 0. The Hall–Kier alpha value is -0.0800. The average molecular weight is 210 g/mol. The van der Waals surface area contributed by atoms with Crippen molar-refractivity contribution in [3.05, 3.63) is 0 Å². The smallest absolute Gasteiger partial charge is 0.0246 e. The maximum Gasteiger partial charge on any atom is 0.0246 e. The molecule has 0 spiro atoms. The molecule has 2 fully saturated rings. The zero-order chi connectivity index (χ0) is 10.8. The van der Waals surface area contributed by atoms with Crippen molar-refractivity contribution in [1.82, 2.24) is 10.2 Å². The minimum absolute atomic E-state index is 0.753. The van der Waals surface area contributed by atoms with Gasteiger partial charge in [0.25, 0.3) is 0 Å². The summed E-state index contributed by atoms with van der Waals surface area (Å²) in [6.45, 7) is 7.25. The molecule has 2 rings (SSSR count). The van der Waals surface area contributed by atoms with Crippen LogP contribution in [0.4, 0.5) is 0 Å². The minimum atomic E-state index is 0.753. The van der Waals surface area contributed by atoms with Gasteiger partial charge in [0, 0.05) is 25.2 Å². The standard InChI is InChI=1S/C13H26N2/c1-10(2)13(8-14-3)15(12-6-7-12)9-11-4-5-11/h10-14H,4-9H2,1-3H3. The third-order valence-electron chi connectivity index (χ3n) is 3.79.